The fraction of sp³-hybridized carbons (Fsp3) is 0.348. The first-order valence-corrected chi connectivity index (χ1v) is 9.68. The van der Waals surface area contributed by atoms with Gasteiger partial charge in [-0.15, -0.1) is 0 Å². The van der Waals surface area contributed by atoms with Gasteiger partial charge in [-0.05, 0) is 74.6 Å². The molecule has 0 atom stereocenters. The van der Waals surface area contributed by atoms with Crippen LogP contribution in [0.5, 0.6) is 0 Å². The molecule has 1 aliphatic heterocycles. The van der Waals surface area contributed by atoms with Crippen molar-refractivity contribution in [3.05, 3.63) is 70.7 Å². The molecular formula is C23H25FN2O. The molecule has 1 saturated heterocycles. The van der Waals surface area contributed by atoms with E-state index in [2.05, 4.69) is 24.5 Å². The quantitative estimate of drug-likeness (QED) is 0.637. The molecular weight excluding hydrogens is 339 g/mol. The minimum absolute atomic E-state index is 0.139. The van der Waals surface area contributed by atoms with E-state index in [9.17, 15) is 9.18 Å². The number of nitrogens with zero attached hydrogens (tertiary/aromatic N) is 2. The molecule has 0 unspecified atom stereocenters. The summed E-state index contributed by atoms with van der Waals surface area (Å²) >= 11 is 0. The number of amides is 1. The summed E-state index contributed by atoms with van der Waals surface area (Å²) in [5.41, 5.74) is 5.32. The Balaban J connectivity index is 1.69. The van der Waals surface area contributed by atoms with Crippen molar-refractivity contribution in [3.63, 3.8) is 0 Å². The van der Waals surface area contributed by atoms with Crippen LogP contribution in [-0.2, 0) is 6.54 Å². The molecule has 1 fully saturated rings. The van der Waals surface area contributed by atoms with Gasteiger partial charge in [-0.1, -0.05) is 12.1 Å². The van der Waals surface area contributed by atoms with Crippen molar-refractivity contribution in [2.75, 3.05) is 13.1 Å². The van der Waals surface area contributed by atoms with Gasteiger partial charge in [-0.3, -0.25) is 4.79 Å². The van der Waals surface area contributed by atoms with Gasteiger partial charge >= 0.3 is 0 Å². The summed E-state index contributed by atoms with van der Waals surface area (Å²) in [5, 5.41) is 1.12. The van der Waals surface area contributed by atoms with Crippen LogP contribution in [0.4, 0.5) is 4.39 Å². The largest absolute Gasteiger partial charge is 0.340 e. The summed E-state index contributed by atoms with van der Waals surface area (Å²) in [7, 11) is 0. The summed E-state index contributed by atoms with van der Waals surface area (Å²) < 4.78 is 15.4. The van der Waals surface area contributed by atoms with Crippen molar-refractivity contribution in [1.82, 2.24) is 9.47 Å². The summed E-state index contributed by atoms with van der Waals surface area (Å²) in [4.78, 5) is 14.8. The van der Waals surface area contributed by atoms with E-state index in [0.717, 1.165) is 48.0 Å². The van der Waals surface area contributed by atoms with Crippen LogP contribution in [0, 0.1) is 19.7 Å². The monoisotopic (exact) mass is 364 g/mol. The molecule has 3 aromatic rings. The molecule has 3 nitrogen and oxygen atoms in total. The predicted molar refractivity (Wildman–Crippen MR) is 107 cm³/mol. The number of carbonyl (C=O) groups excluding carboxylic acids is 1. The maximum atomic E-state index is 13.2. The Kier molecular flexibility index (Phi) is 4.73. The van der Waals surface area contributed by atoms with Crippen molar-refractivity contribution in [2.45, 2.75) is 39.7 Å². The summed E-state index contributed by atoms with van der Waals surface area (Å²) in [6.45, 7) is 6.62. The molecule has 2 aromatic carbocycles. The van der Waals surface area contributed by atoms with Gasteiger partial charge in [-0.25, -0.2) is 4.39 Å². The number of aromatic nitrogens is 1. The van der Waals surface area contributed by atoms with Crippen LogP contribution >= 0.6 is 0 Å². The molecule has 1 amide bonds. The first-order chi connectivity index (χ1) is 13.0. The third-order valence-corrected chi connectivity index (χ3v) is 5.78. The Morgan fingerprint density at radius 1 is 1.00 bits per heavy atom. The second-order valence-corrected chi connectivity index (χ2v) is 7.51. The molecule has 27 heavy (non-hydrogen) atoms. The number of hydrogen-bond donors (Lipinski definition) is 0. The lowest BCUT2D eigenvalue weighted by atomic mass is 10.1. The Hall–Kier alpha value is -2.62. The van der Waals surface area contributed by atoms with Crippen LogP contribution in [0.2, 0.25) is 0 Å². The van der Waals surface area contributed by atoms with Crippen LogP contribution in [0.1, 0.15) is 46.4 Å². The topological polar surface area (TPSA) is 25.2 Å². The van der Waals surface area contributed by atoms with E-state index in [1.165, 1.54) is 29.8 Å². The Labute approximate surface area is 159 Å². The highest BCUT2D eigenvalue weighted by molar-refractivity contribution is 5.99. The molecule has 2 heterocycles. The van der Waals surface area contributed by atoms with Gasteiger partial charge in [0.1, 0.15) is 5.82 Å². The van der Waals surface area contributed by atoms with Gasteiger partial charge in [0.25, 0.3) is 5.91 Å². The van der Waals surface area contributed by atoms with Gasteiger partial charge < -0.3 is 9.47 Å². The number of aryl methyl sites for hydroxylation is 1. The van der Waals surface area contributed by atoms with E-state index in [1.807, 2.05) is 29.2 Å². The van der Waals surface area contributed by atoms with Gasteiger partial charge in [0, 0.05) is 41.8 Å². The molecule has 4 heteroatoms. The van der Waals surface area contributed by atoms with Crippen molar-refractivity contribution >= 4 is 16.8 Å². The summed E-state index contributed by atoms with van der Waals surface area (Å²) in [6.07, 6.45) is 3.41. The van der Waals surface area contributed by atoms with Crippen LogP contribution < -0.4 is 0 Å². The summed E-state index contributed by atoms with van der Waals surface area (Å²) in [6, 6.07) is 12.7. The number of hydrogen-bond acceptors (Lipinski definition) is 1. The molecule has 0 bridgehead atoms. The normalized spacial score (nSPS) is 14.7. The van der Waals surface area contributed by atoms with Crippen molar-refractivity contribution in [2.24, 2.45) is 0 Å². The van der Waals surface area contributed by atoms with Crippen LogP contribution in [0.15, 0.2) is 42.5 Å². The van der Waals surface area contributed by atoms with E-state index < -0.39 is 0 Å². The second-order valence-electron chi connectivity index (χ2n) is 7.51. The number of carbonyl (C=O) groups is 1. The lowest BCUT2D eigenvalue weighted by Gasteiger charge is -2.26. The number of benzene rings is 2. The van der Waals surface area contributed by atoms with Gasteiger partial charge in [-0.2, -0.15) is 0 Å². The number of likely N-dealkylation sites (tertiary alicyclic amines) is 1. The highest BCUT2D eigenvalue weighted by Crippen LogP contribution is 2.28. The van der Waals surface area contributed by atoms with E-state index >= 15 is 0 Å². The van der Waals surface area contributed by atoms with Crippen LogP contribution in [-0.4, -0.2) is 28.5 Å². The fourth-order valence-corrected chi connectivity index (χ4v) is 4.04. The molecule has 0 radical (unpaired) electrons. The smallest absolute Gasteiger partial charge is 0.253 e. The SMILES string of the molecule is Cc1c(C)n(Cc2ccc(F)cc2)c2ccc(C(=O)N3CCCCC3)cc12. The third-order valence-electron chi connectivity index (χ3n) is 5.78. The van der Waals surface area contributed by atoms with Crippen molar-refractivity contribution < 1.29 is 9.18 Å². The van der Waals surface area contributed by atoms with Gasteiger partial charge in [0.15, 0.2) is 0 Å². The van der Waals surface area contributed by atoms with E-state index in [0.29, 0.717) is 6.54 Å². The molecule has 140 valence electrons. The molecule has 0 aliphatic carbocycles. The summed E-state index contributed by atoms with van der Waals surface area (Å²) in [5.74, 6) is -0.0789. The number of fused-ring (bicyclic) bond motifs is 1. The van der Waals surface area contributed by atoms with E-state index in [1.54, 1.807) is 0 Å². The Morgan fingerprint density at radius 2 is 1.70 bits per heavy atom. The average molecular weight is 364 g/mol. The molecule has 1 aromatic heterocycles. The third kappa shape index (κ3) is 3.36. The van der Waals surface area contributed by atoms with Crippen molar-refractivity contribution in [1.29, 1.82) is 0 Å². The zero-order valence-corrected chi connectivity index (χ0v) is 16.0. The zero-order valence-electron chi connectivity index (χ0n) is 16.0. The van der Waals surface area contributed by atoms with Crippen LogP contribution in [0.25, 0.3) is 10.9 Å². The Bertz CT molecular complexity index is 982. The number of rotatable bonds is 3. The van der Waals surface area contributed by atoms with Crippen molar-refractivity contribution in [3.8, 4) is 0 Å². The average Bonchev–Trinajstić information content (AvgIpc) is 2.94. The second kappa shape index (κ2) is 7.18. The fourth-order valence-electron chi connectivity index (χ4n) is 4.04. The molecule has 0 spiro atoms. The van der Waals surface area contributed by atoms with E-state index in [-0.39, 0.29) is 11.7 Å². The first kappa shape index (κ1) is 17.8. The zero-order chi connectivity index (χ0) is 19.0. The lowest BCUT2D eigenvalue weighted by Crippen LogP contribution is -2.35. The van der Waals surface area contributed by atoms with Gasteiger partial charge in [0.2, 0.25) is 0 Å². The predicted octanol–water partition coefficient (Wildman–Crippen LogP) is 5.07. The molecule has 1 aliphatic rings. The maximum Gasteiger partial charge on any atom is 0.253 e. The molecule has 0 saturated carbocycles. The Morgan fingerprint density at radius 3 is 2.41 bits per heavy atom. The highest BCUT2D eigenvalue weighted by atomic mass is 19.1. The van der Waals surface area contributed by atoms with Crippen LogP contribution in [0.3, 0.4) is 0 Å². The number of halogens is 1. The molecule has 4 rings (SSSR count). The molecule has 0 N–H and O–H groups in total. The highest BCUT2D eigenvalue weighted by Gasteiger charge is 2.20. The minimum Gasteiger partial charge on any atom is -0.340 e. The minimum atomic E-state index is -0.218. The van der Waals surface area contributed by atoms with Gasteiger partial charge in [0.05, 0.1) is 0 Å². The first-order valence-electron chi connectivity index (χ1n) is 9.68. The lowest BCUT2D eigenvalue weighted by molar-refractivity contribution is 0.0724. The number of piperidine rings is 1. The standard InChI is InChI=1S/C23H25FN2O/c1-16-17(2)26(15-18-6-9-20(24)10-7-18)22-11-8-19(14-21(16)22)23(27)25-12-4-3-5-13-25/h6-11,14H,3-5,12-13,15H2,1-2H3. The maximum absolute atomic E-state index is 13.2. The van der Waals surface area contributed by atoms with E-state index in [4.69, 9.17) is 0 Å².